The molecule has 2 heterocycles. The van der Waals surface area contributed by atoms with Crippen LogP contribution in [0.15, 0.2) is 11.8 Å². The van der Waals surface area contributed by atoms with Crippen LogP contribution in [-0.2, 0) is 23.7 Å². The lowest BCUT2D eigenvalue weighted by atomic mass is 9.83. The summed E-state index contributed by atoms with van der Waals surface area (Å²) in [5.41, 5.74) is 10.6. The maximum atomic E-state index is 11.2. The number of nitrogens with one attached hydrogen (secondary N) is 2. The maximum absolute atomic E-state index is 11.2. The van der Waals surface area contributed by atoms with Gasteiger partial charge >= 0.3 is 0 Å². The smallest absolute Gasteiger partial charge is 0.207 e. The number of hydrogen-bond donors (Lipinski definition) is 8. The van der Waals surface area contributed by atoms with Gasteiger partial charge in [-0.2, -0.15) is 0 Å². The number of aliphatic hydroxyl groups excluding tert-OH is 3. The monoisotopic (exact) mass is 518 g/mol. The van der Waals surface area contributed by atoms with Crippen LogP contribution in [0.3, 0.4) is 0 Å². The lowest BCUT2D eigenvalue weighted by molar-refractivity contribution is -0.296. The van der Waals surface area contributed by atoms with Gasteiger partial charge in [0.1, 0.15) is 30.2 Å². The van der Waals surface area contributed by atoms with E-state index in [1.165, 1.54) is 0 Å². The van der Waals surface area contributed by atoms with Crippen molar-refractivity contribution in [1.29, 1.82) is 0 Å². The maximum Gasteiger partial charge on any atom is 0.207 e. The molecule has 0 aromatic heterocycles. The Hall–Kier alpha value is -1.39. The van der Waals surface area contributed by atoms with E-state index < -0.39 is 60.8 Å². The van der Waals surface area contributed by atoms with Gasteiger partial charge in [-0.3, -0.25) is 4.79 Å². The minimum Gasteiger partial charge on any atom is -0.468 e. The van der Waals surface area contributed by atoms with Crippen molar-refractivity contribution in [2.75, 3.05) is 26.2 Å². The zero-order chi connectivity index (χ0) is 26.3. The summed E-state index contributed by atoms with van der Waals surface area (Å²) in [6.45, 7) is 2.68. The number of aliphatic hydroxyl groups is 4. The molecule has 208 valence electrons. The van der Waals surface area contributed by atoms with E-state index in [0.29, 0.717) is 51.1 Å². The minimum atomic E-state index is -1.26. The number of carbonyl (C=O) groups is 1. The Morgan fingerprint density at radius 2 is 2.11 bits per heavy atom. The summed E-state index contributed by atoms with van der Waals surface area (Å²) in [5.74, 6) is 0.657. The molecule has 2 fully saturated rings. The molecule has 0 radical (unpaired) electrons. The Morgan fingerprint density at radius 3 is 2.81 bits per heavy atom. The van der Waals surface area contributed by atoms with E-state index in [4.69, 9.17) is 30.4 Å². The summed E-state index contributed by atoms with van der Waals surface area (Å²) >= 11 is 0. The second kappa shape index (κ2) is 13.4. The normalized spacial score (nSPS) is 40.1. The average molecular weight is 519 g/mol. The van der Waals surface area contributed by atoms with Gasteiger partial charge in [0.15, 0.2) is 12.6 Å². The second-order valence-electron chi connectivity index (χ2n) is 10.1. The fourth-order valence-electron chi connectivity index (χ4n) is 4.81. The Morgan fingerprint density at radius 1 is 1.33 bits per heavy atom. The van der Waals surface area contributed by atoms with Gasteiger partial charge in [-0.25, -0.2) is 0 Å². The van der Waals surface area contributed by atoms with E-state index in [1.54, 1.807) is 6.92 Å². The quantitative estimate of drug-likeness (QED) is 0.123. The summed E-state index contributed by atoms with van der Waals surface area (Å²) in [6.07, 6.45) is -2.05. The van der Waals surface area contributed by atoms with E-state index in [2.05, 4.69) is 10.6 Å². The van der Waals surface area contributed by atoms with Gasteiger partial charge in [-0.1, -0.05) is 0 Å². The van der Waals surface area contributed by atoms with E-state index in [9.17, 15) is 25.2 Å². The number of allylic oxidation sites excluding steroid dienone is 1. The highest BCUT2D eigenvalue weighted by molar-refractivity contribution is 5.47. The molecule has 10 N–H and O–H groups in total. The zero-order valence-electron chi connectivity index (χ0n) is 20.7. The van der Waals surface area contributed by atoms with Gasteiger partial charge < -0.3 is 61.5 Å². The highest BCUT2D eigenvalue weighted by Crippen LogP contribution is 2.31. The lowest BCUT2D eigenvalue weighted by Gasteiger charge is -2.46. The molecular weight excluding hydrogens is 476 g/mol. The number of rotatable bonds is 12. The third kappa shape index (κ3) is 8.05. The molecule has 13 heteroatoms. The van der Waals surface area contributed by atoms with Crippen molar-refractivity contribution in [2.45, 2.75) is 99.8 Å². The summed E-state index contributed by atoms with van der Waals surface area (Å²) in [5, 5.41) is 47.2. The van der Waals surface area contributed by atoms with Crippen LogP contribution in [0.2, 0.25) is 0 Å². The van der Waals surface area contributed by atoms with Gasteiger partial charge in [-0.15, -0.1) is 0 Å². The van der Waals surface area contributed by atoms with E-state index in [1.807, 2.05) is 6.08 Å². The first-order chi connectivity index (χ1) is 17.1. The van der Waals surface area contributed by atoms with Crippen LogP contribution < -0.4 is 22.1 Å². The molecule has 0 spiro atoms. The predicted octanol–water partition coefficient (Wildman–Crippen LogP) is -2.86. The van der Waals surface area contributed by atoms with Crippen LogP contribution in [0.4, 0.5) is 0 Å². The second-order valence-corrected chi connectivity index (χ2v) is 10.1. The molecule has 6 unspecified atom stereocenters. The van der Waals surface area contributed by atoms with Crippen molar-refractivity contribution in [3.8, 4) is 0 Å². The summed E-state index contributed by atoms with van der Waals surface area (Å²) in [6, 6.07) is -1.27. The Balaban J connectivity index is 1.59. The number of amides is 1. The van der Waals surface area contributed by atoms with Crippen molar-refractivity contribution in [1.82, 2.24) is 10.6 Å². The molecule has 0 aromatic carbocycles. The first kappa shape index (κ1) is 29.2. The lowest BCUT2D eigenvalue weighted by Crippen LogP contribution is -2.65. The highest BCUT2D eigenvalue weighted by atomic mass is 16.7. The molecule has 13 nitrogen and oxygen atoms in total. The van der Waals surface area contributed by atoms with E-state index in [0.717, 1.165) is 0 Å². The van der Waals surface area contributed by atoms with Gasteiger partial charge in [0.2, 0.25) is 6.41 Å². The van der Waals surface area contributed by atoms with Crippen LogP contribution in [0.1, 0.15) is 39.0 Å². The molecule has 10 atom stereocenters. The van der Waals surface area contributed by atoms with Gasteiger partial charge in [0.05, 0.1) is 30.9 Å². The Kier molecular flexibility index (Phi) is 10.9. The van der Waals surface area contributed by atoms with Crippen LogP contribution >= 0.6 is 0 Å². The molecule has 1 amide bonds. The zero-order valence-corrected chi connectivity index (χ0v) is 20.7. The molecule has 1 aliphatic carbocycles. The Bertz CT molecular complexity index is 728. The molecular formula is C23H42N4O9. The topological polar surface area (TPSA) is 211 Å². The predicted molar refractivity (Wildman–Crippen MR) is 127 cm³/mol. The molecule has 3 rings (SSSR count). The summed E-state index contributed by atoms with van der Waals surface area (Å²) in [7, 11) is 0. The highest BCUT2D eigenvalue weighted by Gasteiger charge is 2.48. The van der Waals surface area contributed by atoms with Crippen LogP contribution in [0, 0.1) is 0 Å². The van der Waals surface area contributed by atoms with Gasteiger partial charge in [-0.05, 0) is 38.8 Å². The van der Waals surface area contributed by atoms with Crippen molar-refractivity contribution in [3.63, 3.8) is 0 Å². The standard InChI is InChI=1S/C23H42N4O9/c1-23(32)8-17(30)22(33-11-23)36-21-16(27-12-28)7-15(25)20(19(21)31)35-18-4-2-3-14(34-18)10-26-9-13(29)5-6-24/h3,12-13,15-22,26,29-32H,2,4-11,24-25H2,1H3,(H,27,28)/t13?,15?,16?,17?,18-,19?,20-,21+,22?,23-/m1/s1. The number of hydrogen-bond acceptors (Lipinski definition) is 12. The molecule has 2 aliphatic heterocycles. The first-order valence-corrected chi connectivity index (χ1v) is 12.5. The van der Waals surface area contributed by atoms with Crippen LogP contribution in [0.5, 0.6) is 0 Å². The van der Waals surface area contributed by atoms with Crippen molar-refractivity contribution < 1.29 is 44.2 Å². The fraction of sp³-hybridized carbons (Fsp3) is 0.870. The molecule has 1 saturated heterocycles. The largest absolute Gasteiger partial charge is 0.468 e. The molecule has 0 aromatic rings. The number of nitrogens with two attached hydrogens (primary N) is 2. The first-order valence-electron chi connectivity index (χ1n) is 12.5. The number of ether oxygens (including phenoxy) is 4. The van der Waals surface area contributed by atoms with E-state index in [-0.39, 0.29) is 19.4 Å². The Labute approximate surface area is 211 Å². The van der Waals surface area contributed by atoms with Crippen molar-refractivity contribution in [3.05, 3.63) is 11.8 Å². The number of carbonyl (C=O) groups excluding carboxylic acids is 1. The average Bonchev–Trinajstić information content (AvgIpc) is 2.81. The third-order valence-corrected chi connectivity index (χ3v) is 6.66. The van der Waals surface area contributed by atoms with Crippen molar-refractivity contribution in [2.24, 2.45) is 11.5 Å². The third-order valence-electron chi connectivity index (χ3n) is 6.66. The molecule has 1 saturated carbocycles. The SMILES string of the molecule is C[C@]1(O)COC(O[C@H]2C(NC=O)CC(N)[C@@H](O[C@@H]3CCC=C(CNCC(O)CCN)O3)C2O)C(O)C1. The van der Waals surface area contributed by atoms with E-state index >= 15 is 0 Å². The summed E-state index contributed by atoms with van der Waals surface area (Å²) in [4.78, 5) is 11.2. The van der Waals surface area contributed by atoms with Crippen LogP contribution in [-0.4, -0.2) is 114 Å². The molecule has 3 aliphatic rings. The molecule has 36 heavy (non-hydrogen) atoms. The van der Waals surface area contributed by atoms with Crippen molar-refractivity contribution >= 4 is 6.41 Å². The van der Waals surface area contributed by atoms with Crippen LogP contribution in [0.25, 0.3) is 0 Å². The minimum absolute atomic E-state index is 0.0357. The summed E-state index contributed by atoms with van der Waals surface area (Å²) < 4.78 is 23.4. The van der Waals surface area contributed by atoms with Gasteiger partial charge in [0, 0.05) is 25.4 Å². The fourth-order valence-corrected chi connectivity index (χ4v) is 4.81. The molecule has 0 bridgehead atoms. The van der Waals surface area contributed by atoms with Gasteiger partial charge in [0.25, 0.3) is 0 Å².